The summed E-state index contributed by atoms with van der Waals surface area (Å²) in [7, 11) is 0. The molecule has 200 valence electrons. The zero-order valence-electron chi connectivity index (χ0n) is 20.2. The van der Waals surface area contributed by atoms with Gasteiger partial charge in [-0.25, -0.2) is 4.79 Å². The molecule has 1 aliphatic rings. The summed E-state index contributed by atoms with van der Waals surface area (Å²) in [6, 6.07) is 11.1. The summed E-state index contributed by atoms with van der Waals surface area (Å²) in [6.07, 6.45) is -4.41. The minimum absolute atomic E-state index is 0.00240. The molecule has 1 heterocycles. The second-order valence-electron chi connectivity index (χ2n) is 8.22. The van der Waals surface area contributed by atoms with Crippen molar-refractivity contribution in [3.8, 4) is 5.75 Å². The van der Waals surface area contributed by atoms with E-state index in [2.05, 4.69) is 10.1 Å². The van der Waals surface area contributed by atoms with E-state index < -0.39 is 18.2 Å². The van der Waals surface area contributed by atoms with Crippen LogP contribution in [0.2, 0.25) is 0 Å². The van der Waals surface area contributed by atoms with Gasteiger partial charge in [0, 0.05) is 37.6 Å². The van der Waals surface area contributed by atoms with E-state index in [9.17, 15) is 27.6 Å². The second kappa shape index (κ2) is 12.4. The average molecular weight is 524 g/mol. The first-order chi connectivity index (χ1) is 17.6. The number of ether oxygens (including phenoxy) is 2. The lowest BCUT2D eigenvalue weighted by atomic mass is 10.0. The highest BCUT2D eigenvalue weighted by Crippen LogP contribution is 2.34. The van der Waals surface area contributed by atoms with Crippen molar-refractivity contribution in [1.82, 2.24) is 10.2 Å². The summed E-state index contributed by atoms with van der Waals surface area (Å²) in [5.41, 5.74) is 1.54. The number of anilines is 1. The summed E-state index contributed by atoms with van der Waals surface area (Å²) >= 11 is 0. The normalized spacial score (nSPS) is 15.7. The van der Waals surface area contributed by atoms with Crippen molar-refractivity contribution in [1.29, 1.82) is 0 Å². The van der Waals surface area contributed by atoms with Gasteiger partial charge >= 0.3 is 18.4 Å². The lowest BCUT2D eigenvalue weighted by Gasteiger charge is -2.23. The molecular weight excluding hydrogens is 495 g/mol. The lowest BCUT2D eigenvalue weighted by Crippen LogP contribution is -2.33. The molecule has 0 aliphatic carbocycles. The van der Waals surface area contributed by atoms with Gasteiger partial charge in [0.15, 0.2) is 0 Å². The van der Waals surface area contributed by atoms with Gasteiger partial charge in [-0.3, -0.25) is 14.5 Å². The summed E-state index contributed by atoms with van der Waals surface area (Å²) in [6.45, 7) is 3.53. The van der Waals surface area contributed by atoms with Crippen molar-refractivity contribution in [3.63, 3.8) is 0 Å². The Labute approximate surface area is 211 Å². The lowest BCUT2D eigenvalue weighted by molar-refractivity contribution is -0.274. The number of urea groups is 1. The SMILES string of the molecule is CCOCCCN1C(=O)N(c2ccc(OC(F)(F)F)cc2)CC1c1ccc(C(=O)NCCC(=O)O)cc1. The molecule has 2 aromatic rings. The van der Waals surface area contributed by atoms with E-state index in [1.165, 1.54) is 17.0 Å². The highest BCUT2D eigenvalue weighted by atomic mass is 19.4. The average Bonchev–Trinajstić information content (AvgIpc) is 3.17. The number of nitrogens with zero attached hydrogens (tertiary/aromatic N) is 2. The van der Waals surface area contributed by atoms with E-state index in [1.807, 2.05) is 6.92 Å². The summed E-state index contributed by atoms with van der Waals surface area (Å²) in [5.74, 6) is -1.81. The second-order valence-corrected chi connectivity index (χ2v) is 8.22. The van der Waals surface area contributed by atoms with E-state index >= 15 is 0 Å². The Balaban J connectivity index is 1.76. The number of benzene rings is 2. The predicted octanol–water partition coefficient (Wildman–Crippen LogP) is 4.20. The molecule has 0 radical (unpaired) electrons. The molecule has 12 heteroatoms. The number of hydrogen-bond donors (Lipinski definition) is 2. The molecule has 2 aromatic carbocycles. The molecule has 1 fully saturated rings. The van der Waals surface area contributed by atoms with Crippen LogP contribution in [-0.4, -0.2) is 67.1 Å². The van der Waals surface area contributed by atoms with Gasteiger partial charge in [-0.05, 0) is 55.3 Å². The molecule has 1 unspecified atom stereocenters. The van der Waals surface area contributed by atoms with Crippen molar-refractivity contribution in [3.05, 3.63) is 59.7 Å². The van der Waals surface area contributed by atoms with Gasteiger partial charge in [-0.15, -0.1) is 13.2 Å². The summed E-state index contributed by atoms with van der Waals surface area (Å²) in [5, 5.41) is 11.2. The maximum Gasteiger partial charge on any atom is 0.573 e. The Bertz CT molecular complexity index is 1080. The van der Waals surface area contributed by atoms with E-state index in [-0.39, 0.29) is 37.3 Å². The predicted molar refractivity (Wildman–Crippen MR) is 127 cm³/mol. The Morgan fingerprint density at radius 1 is 1.11 bits per heavy atom. The van der Waals surface area contributed by atoms with Crippen LogP contribution in [0.5, 0.6) is 5.75 Å². The van der Waals surface area contributed by atoms with Crippen LogP contribution in [-0.2, 0) is 9.53 Å². The highest BCUT2D eigenvalue weighted by Gasteiger charge is 2.39. The molecule has 0 saturated carbocycles. The maximum absolute atomic E-state index is 13.3. The first kappa shape index (κ1) is 27.8. The molecule has 37 heavy (non-hydrogen) atoms. The first-order valence-electron chi connectivity index (χ1n) is 11.7. The van der Waals surface area contributed by atoms with Gasteiger partial charge in [0.1, 0.15) is 5.75 Å². The van der Waals surface area contributed by atoms with Crippen molar-refractivity contribution in [2.45, 2.75) is 32.2 Å². The molecular formula is C25H28F3N3O6. The number of carbonyl (C=O) groups excluding carboxylic acids is 2. The number of carboxylic acids is 1. The fourth-order valence-electron chi connectivity index (χ4n) is 3.94. The largest absolute Gasteiger partial charge is 0.573 e. The van der Waals surface area contributed by atoms with Crippen LogP contribution < -0.4 is 15.0 Å². The molecule has 1 aliphatic heterocycles. The molecule has 1 saturated heterocycles. The van der Waals surface area contributed by atoms with Crippen LogP contribution in [0.25, 0.3) is 0 Å². The third kappa shape index (κ3) is 7.84. The standard InChI is InChI=1S/C25H28F3N3O6/c1-2-36-15-3-14-30-21(17-4-6-18(7-5-17)23(34)29-13-12-22(32)33)16-31(24(30)35)19-8-10-20(11-9-19)37-25(26,27)28/h4-11,21H,2-3,12-16H2,1H3,(H,29,34)(H,32,33). The molecule has 1 atom stereocenters. The smallest absolute Gasteiger partial charge is 0.481 e. The molecule has 9 nitrogen and oxygen atoms in total. The van der Waals surface area contributed by atoms with Gasteiger partial charge in [-0.1, -0.05) is 12.1 Å². The van der Waals surface area contributed by atoms with E-state index in [1.54, 1.807) is 29.2 Å². The van der Waals surface area contributed by atoms with Crippen LogP contribution in [0.1, 0.15) is 41.7 Å². The van der Waals surface area contributed by atoms with Crippen molar-refractivity contribution in [2.24, 2.45) is 0 Å². The fourth-order valence-corrected chi connectivity index (χ4v) is 3.94. The van der Waals surface area contributed by atoms with Crippen LogP contribution in [0.4, 0.5) is 23.7 Å². The van der Waals surface area contributed by atoms with Crippen LogP contribution in [0.15, 0.2) is 48.5 Å². The number of aliphatic carboxylic acids is 1. The number of nitrogens with one attached hydrogen (secondary N) is 1. The van der Waals surface area contributed by atoms with E-state index in [4.69, 9.17) is 9.84 Å². The van der Waals surface area contributed by atoms with Crippen LogP contribution >= 0.6 is 0 Å². The van der Waals surface area contributed by atoms with Crippen LogP contribution in [0, 0.1) is 0 Å². The van der Waals surface area contributed by atoms with E-state index in [0.29, 0.717) is 37.4 Å². The molecule has 3 rings (SSSR count). The van der Waals surface area contributed by atoms with Gasteiger partial charge in [0.05, 0.1) is 19.0 Å². The third-order valence-corrected chi connectivity index (χ3v) is 5.66. The number of carboxylic acid groups (broad SMARTS) is 1. The highest BCUT2D eigenvalue weighted by molar-refractivity contribution is 5.95. The monoisotopic (exact) mass is 523 g/mol. The number of halogens is 3. The molecule has 2 N–H and O–H groups in total. The Hall–Kier alpha value is -3.80. The minimum atomic E-state index is -4.81. The summed E-state index contributed by atoms with van der Waals surface area (Å²) < 4.78 is 46.8. The number of carbonyl (C=O) groups is 3. The minimum Gasteiger partial charge on any atom is -0.481 e. The van der Waals surface area contributed by atoms with Crippen LogP contribution in [0.3, 0.4) is 0 Å². The molecule has 0 spiro atoms. The Morgan fingerprint density at radius 3 is 2.38 bits per heavy atom. The van der Waals surface area contributed by atoms with Crippen molar-refractivity contribution < 1.29 is 42.1 Å². The number of hydrogen-bond acceptors (Lipinski definition) is 5. The van der Waals surface area contributed by atoms with Crippen molar-refractivity contribution >= 4 is 23.6 Å². The summed E-state index contributed by atoms with van der Waals surface area (Å²) in [4.78, 5) is 39.3. The fraction of sp³-hybridized carbons (Fsp3) is 0.400. The zero-order valence-corrected chi connectivity index (χ0v) is 20.2. The van der Waals surface area contributed by atoms with Gasteiger partial charge in [-0.2, -0.15) is 0 Å². The Kier molecular flexibility index (Phi) is 9.34. The van der Waals surface area contributed by atoms with Gasteiger partial charge in [0.2, 0.25) is 0 Å². The van der Waals surface area contributed by atoms with Gasteiger partial charge < -0.3 is 24.8 Å². The number of rotatable bonds is 12. The molecule has 0 bridgehead atoms. The maximum atomic E-state index is 13.3. The van der Waals surface area contributed by atoms with E-state index in [0.717, 1.165) is 17.7 Å². The zero-order chi connectivity index (χ0) is 27.0. The molecule has 0 aromatic heterocycles. The quantitative estimate of drug-likeness (QED) is 0.404. The number of amides is 3. The topological polar surface area (TPSA) is 108 Å². The van der Waals surface area contributed by atoms with Gasteiger partial charge in [0.25, 0.3) is 5.91 Å². The van der Waals surface area contributed by atoms with Crippen molar-refractivity contribution in [2.75, 3.05) is 37.7 Å². The third-order valence-electron chi connectivity index (χ3n) is 5.66. The first-order valence-corrected chi connectivity index (χ1v) is 11.7. The molecule has 3 amide bonds. The number of alkyl halides is 3. The Morgan fingerprint density at radius 2 is 1.78 bits per heavy atom.